The number of halogens is 2. The van der Waals surface area contributed by atoms with E-state index < -0.39 is 0 Å². The molecule has 0 aromatic heterocycles. The highest BCUT2D eigenvalue weighted by molar-refractivity contribution is 6.30. The summed E-state index contributed by atoms with van der Waals surface area (Å²) in [6.07, 6.45) is 0. The molecule has 0 fully saturated rings. The van der Waals surface area contributed by atoms with Crippen LogP contribution in [0.3, 0.4) is 0 Å². The van der Waals surface area contributed by atoms with Crippen LogP contribution in [0.5, 0.6) is 0 Å². The second-order valence-corrected chi connectivity index (χ2v) is 3.17. The first-order valence-corrected chi connectivity index (χ1v) is 4.06. The Morgan fingerprint density at radius 2 is 2.18 bits per heavy atom. The number of benzene rings is 1. The molecule has 0 radical (unpaired) electrons. The summed E-state index contributed by atoms with van der Waals surface area (Å²) in [5, 5.41) is 8.99. The Labute approximate surface area is 75.6 Å². The van der Waals surface area contributed by atoms with Crippen LogP contribution < -0.4 is 0 Å². The van der Waals surface area contributed by atoms with E-state index in [4.69, 9.17) is 28.3 Å². The van der Waals surface area contributed by atoms with E-state index in [9.17, 15) is 0 Å². The minimum absolute atomic E-state index is 0.0676. The lowest BCUT2D eigenvalue weighted by Crippen LogP contribution is -1.94. The van der Waals surface area contributed by atoms with Gasteiger partial charge in [0.2, 0.25) is 0 Å². The molecule has 1 aromatic carbocycles. The third kappa shape index (κ3) is 2.37. The minimum Gasteiger partial charge on any atom is -0.394 e. The van der Waals surface area contributed by atoms with E-state index in [1.807, 2.05) is 12.1 Å². The van der Waals surface area contributed by atoms with E-state index in [1.165, 1.54) is 0 Å². The van der Waals surface area contributed by atoms with E-state index in [0.717, 1.165) is 5.56 Å². The summed E-state index contributed by atoms with van der Waals surface area (Å²) in [5.41, 5.74) is 0.849. The molecule has 0 bridgehead atoms. The van der Waals surface area contributed by atoms with Crippen molar-refractivity contribution in [1.29, 1.82) is 0 Å². The van der Waals surface area contributed by atoms with Crippen LogP contribution in [0.2, 0.25) is 5.02 Å². The van der Waals surface area contributed by atoms with Crippen molar-refractivity contribution >= 4 is 23.2 Å². The normalized spacial score (nSPS) is 13.0. The van der Waals surface area contributed by atoms with Crippen molar-refractivity contribution in [1.82, 2.24) is 0 Å². The van der Waals surface area contributed by atoms with Gasteiger partial charge in [0.1, 0.15) is 0 Å². The summed E-state index contributed by atoms with van der Waals surface area (Å²) in [4.78, 5) is 0. The molecule has 1 rings (SSSR count). The van der Waals surface area contributed by atoms with Crippen LogP contribution in [-0.2, 0) is 0 Å². The summed E-state index contributed by atoms with van der Waals surface area (Å²) in [5.74, 6) is 0. The summed E-state index contributed by atoms with van der Waals surface area (Å²) < 4.78 is 0. The Hall–Kier alpha value is -0.240. The average Bonchev–Trinajstić information content (AvgIpc) is 2.03. The van der Waals surface area contributed by atoms with Gasteiger partial charge >= 0.3 is 0 Å². The molecule has 60 valence electrons. The molecule has 0 aliphatic rings. The van der Waals surface area contributed by atoms with Crippen LogP contribution in [0.25, 0.3) is 0 Å². The summed E-state index contributed by atoms with van der Waals surface area (Å²) in [6, 6.07) is 7.16. The van der Waals surface area contributed by atoms with Gasteiger partial charge in [0, 0.05) is 5.02 Å². The highest BCUT2D eigenvalue weighted by Crippen LogP contribution is 2.22. The van der Waals surface area contributed by atoms with Crippen LogP contribution in [0.15, 0.2) is 24.3 Å². The Morgan fingerprint density at radius 3 is 2.73 bits per heavy atom. The van der Waals surface area contributed by atoms with Crippen molar-refractivity contribution in [2.45, 2.75) is 5.38 Å². The number of rotatable bonds is 2. The van der Waals surface area contributed by atoms with Crippen molar-refractivity contribution in [3.05, 3.63) is 34.9 Å². The highest BCUT2D eigenvalue weighted by atomic mass is 35.5. The smallest absolute Gasteiger partial charge is 0.0816 e. The van der Waals surface area contributed by atoms with Crippen molar-refractivity contribution in [3.63, 3.8) is 0 Å². The standard InChI is InChI=1S/C8H8Cl2O/c9-7-3-1-2-6(4-7)8(10)5-11/h1-4,8,11H,5H2. The third-order valence-electron chi connectivity index (χ3n) is 1.37. The highest BCUT2D eigenvalue weighted by Gasteiger charge is 2.04. The van der Waals surface area contributed by atoms with Gasteiger partial charge in [-0.25, -0.2) is 0 Å². The molecule has 1 N–H and O–H groups in total. The van der Waals surface area contributed by atoms with E-state index in [2.05, 4.69) is 0 Å². The summed E-state index contributed by atoms with van der Waals surface area (Å²) >= 11 is 11.5. The van der Waals surface area contributed by atoms with Crippen molar-refractivity contribution < 1.29 is 5.11 Å². The Morgan fingerprint density at radius 1 is 1.45 bits per heavy atom. The molecule has 0 saturated heterocycles. The molecule has 1 atom stereocenters. The fraction of sp³-hybridized carbons (Fsp3) is 0.250. The SMILES string of the molecule is OCC(Cl)c1cccc(Cl)c1. The maximum absolute atomic E-state index is 8.70. The van der Waals surface area contributed by atoms with Crippen LogP contribution >= 0.6 is 23.2 Å². The molecular formula is C8H8Cl2O. The van der Waals surface area contributed by atoms with Crippen molar-refractivity contribution in [2.24, 2.45) is 0 Å². The monoisotopic (exact) mass is 190 g/mol. The lowest BCUT2D eigenvalue weighted by molar-refractivity contribution is 0.294. The van der Waals surface area contributed by atoms with E-state index >= 15 is 0 Å². The van der Waals surface area contributed by atoms with Gasteiger partial charge in [-0.05, 0) is 17.7 Å². The Kier molecular flexibility index (Phi) is 3.18. The second-order valence-electron chi connectivity index (χ2n) is 2.21. The average molecular weight is 191 g/mol. The molecule has 0 heterocycles. The molecule has 3 heteroatoms. The molecule has 0 aliphatic carbocycles. The van der Waals surface area contributed by atoms with Crippen LogP contribution in [0.1, 0.15) is 10.9 Å². The minimum atomic E-state index is -0.353. The van der Waals surface area contributed by atoms with Crippen molar-refractivity contribution in [3.8, 4) is 0 Å². The zero-order chi connectivity index (χ0) is 8.27. The molecule has 11 heavy (non-hydrogen) atoms. The topological polar surface area (TPSA) is 20.2 Å². The van der Waals surface area contributed by atoms with Gasteiger partial charge in [-0.1, -0.05) is 23.7 Å². The molecule has 0 aliphatic heterocycles. The lowest BCUT2D eigenvalue weighted by atomic mass is 10.2. The summed E-state index contributed by atoms with van der Waals surface area (Å²) in [7, 11) is 0. The van der Waals surface area contributed by atoms with Gasteiger partial charge in [0.15, 0.2) is 0 Å². The number of aliphatic hydroxyl groups excluding tert-OH is 1. The van der Waals surface area contributed by atoms with Gasteiger partial charge in [-0.3, -0.25) is 0 Å². The molecule has 0 saturated carbocycles. The number of alkyl halides is 1. The van der Waals surface area contributed by atoms with Gasteiger partial charge in [-0.15, -0.1) is 11.6 Å². The first-order valence-electron chi connectivity index (χ1n) is 3.24. The largest absolute Gasteiger partial charge is 0.394 e. The van der Waals surface area contributed by atoms with Crippen LogP contribution in [0, 0.1) is 0 Å². The van der Waals surface area contributed by atoms with Crippen LogP contribution in [0.4, 0.5) is 0 Å². The molecule has 1 aromatic rings. The number of aliphatic hydroxyl groups is 1. The van der Waals surface area contributed by atoms with E-state index in [-0.39, 0.29) is 12.0 Å². The molecule has 0 amide bonds. The number of hydrogen-bond acceptors (Lipinski definition) is 1. The quantitative estimate of drug-likeness (QED) is 0.712. The Balaban J connectivity index is 2.86. The van der Waals surface area contributed by atoms with E-state index in [0.29, 0.717) is 5.02 Å². The molecule has 1 nitrogen and oxygen atoms in total. The fourth-order valence-electron chi connectivity index (χ4n) is 0.807. The van der Waals surface area contributed by atoms with Gasteiger partial charge < -0.3 is 5.11 Å². The second kappa shape index (κ2) is 3.96. The molecule has 1 unspecified atom stereocenters. The van der Waals surface area contributed by atoms with Crippen molar-refractivity contribution in [2.75, 3.05) is 6.61 Å². The maximum atomic E-state index is 8.70. The van der Waals surface area contributed by atoms with Gasteiger partial charge in [0.05, 0.1) is 12.0 Å². The predicted molar refractivity (Wildman–Crippen MR) is 47.1 cm³/mol. The molecule has 0 spiro atoms. The Bertz CT molecular complexity index is 237. The zero-order valence-corrected chi connectivity index (χ0v) is 7.31. The first-order chi connectivity index (χ1) is 5.24. The van der Waals surface area contributed by atoms with Gasteiger partial charge in [-0.2, -0.15) is 0 Å². The summed E-state index contributed by atoms with van der Waals surface area (Å²) in [6.45, 7) is -0.0676. The van der Waals surface area contributed by atoms with E-state index in [1.54, 1.807) is 12.1 Å². The fourth-order valence-corrected chi connectivity index (χ4v) is 1.14. The lowest BCUT2D eigenvalue weighted by Gasteiger charge is -2.05. The molecular weight excluding hydrogens is 183 g/mol. The zero-order valence-electron chi connectivity index (χ0n) is 5.80. The third-order valence-corrected chi connectivity index (χ3v) is 2.00. The first kappa shape index (κ1) is 8.85. The van der Waals surface area contributed by atoms with Gasteiger partial charge in [0.25, 0.3) is 0 Å². The number of hydrogen-bond donors (Lipinski definition) is 1. The van der Waals surface area contributed by atoms with Crippen LogP contribution in [-0.4, -0.2) is 11.7 Å². The predicted octanol–water partition coefficient (Wildman–Crippen LogP) is 2.61. The maximum Gasteiger partial charge on any atom is 0.0816 e.